The second kappa shape index (κ2) is 8.31. The lowest BCUT2D eigenvalue weighted by atomic mass is 9.83. The minimum atomic E-state index is 0.246. The summed E-state index contributed by atoms with van der Waals surface area (Å²) in [5.74, 6) is 2.54. The van der Waals surface area contributed by atoms with Crippen LogP contribution in [0.3, 0.4) is 0 Å². The molecule has 2 heterocycles. The van der Waals surface area contributed by atoms with Gasteiger partial charge in [-0.3, -0.25) is 0 Å². The molecule has 1 aliphatic rings. The summed E-state index contributed by atoms with van der Waals surface area (Å²) in [5.41, 5.74) is 8.09. The molecule has 37 heavy (non-hydrogen) atoms. The summed E-state index contributed by atoms with van der Waals surface area (Å²) in [5, 5.41) is 7.70. The molecule has 0 N–H and O–H groups in total. The molecule has 5 aromatic rings. The van der Waals surface area contributed by atoms with Gasteiger partial charge in [-0.25, -0.2) is 4.57 Å². The number of fused-ring (bicyclic) bond motifs is 5. The Morgan fingerprint density at radius 1 is 0.865 bits per heavy atom. The van der Waals surface area contributed by atoms with Crippen molar-refractivity contribution in [3.8, 4) is 22.8 Å². The van der Waals surface area contributed by atoms with Gasteiger partial charge in [0, 0.05) is 17.0 Å². The Bertz CT molecular complexity index is 1730. The molecule has 1 aromatic heterocycles. The molecule has 2 nitrogen and oxygen atoms in total. The maximum absolute atomic E-state index is 6.96. The van der Waals surface area contributed by atoms with E-state index in [-0.39, 0.29) is 5.41 Å². The van der Waals surface area contributed by atoms with Gasteiger partial charge in [0.15, 0.2) is 6.20 Å². The monoisotopic (exact) mass is 488 g/mol. The minimum absolute atomic E-state index is 0.246. The summed E-state index contributed by atoms with van der Waals surface area (Å²) < 4.78 is 9.26. The number of aromatic nitrogens is 1. The van der Waals surface area contributed by atoms with Crippen LogP contribution >= 0.6 is 0 Å². The van der Waals surface area contributed by atoms with E-state index in [1.807, 2.05) is 0 Å². The predicted molar refractivity (Wildman–Crippen MR) is 157 cm³/mol. The fourth-order valence-corrected chi connectivity index (χ4v) is 6.33. The SMILES string of the molecule is Cc1ccc2cc3c4c([n+](C)ccc4c2c1)-c1c(c(CC(C)C)c2ccc(CC(C)(C)C)cc2c1C)O3. The normalized spacial score (nSPS) is 13.0. The van der Waals surface area contributed by atoms with Gasteiger partial charge in [-0.05, 0) is 76.8 Å². The third-order valence-corrected chi connectivity index (χ3v) is 7.84. The zero-order chi connectivity index (χ0) is 26.2. The average molecular weight is 489 g/mol. The maximum atomic E-state index is 6.96. The van der Waals surface area contributed by atoms with Gasteiger partial charge in [0.1, 0.15) is 18.5 Å². The van der Waals surface area contributed by atoms with Gasteiger partial charge < -0.3 is 4.74 Å². The van der Waals surface area contributed by atoms with Crippen molar-refractivity contribution < 1.29 is 9.30 Å². The molecule has 6 rings (SSSR count). The van der Waals surface area contributed by atoms with Crippen LogP contribution in [0.15, 0.2) is 54.7 Å². The van der Waals surface area contributed by atoms with Gasteiger partial charge >= 0.3 is 0 Å². The van der Waals surface area contributed by atoms with E-state index in [9.17, 15) is 0 Å². The zero-order valence-corrected chi connectivity index (χ0v) is 23.5. The molecule has 4 aromatic carbocycles. The van der Waals surface area contributed by atoms with Crippen molar-refractivity contribution in [2.75, 3.05) is 0 Å². The second-order valence-electron chi connectivity index (χ2n) is 12.8. The molecule has 0 atom stereocenters. The molecule has 0 unspecified atom stereocenters. The first-order valence-electron chi connectivity index (χ1n) is 13.6. The highest BCUT2D eigenvalue weighted by Crippen LogP contribution is 2.52. The Morgan fingerprint density at radius 3 is 2.38 bits per heavy atom. The zero-order valence-electron chi connectivity index (χ0n) is 23.5. The Labute approximate surface area is 220 Å². The highest BCUT2D eigenvalue weighted by Gasteiger charge is 2.33. The maximum Gasteiger partial charge on any atom is 0.228 e. The second-order valence-corrected chi connectivity index (χ2v) is 12.8. The summed E-state index contributed by atoms with van der Waals surface area (Å²) in [6.45, 7) is 16.0. The van der Waals surface area contributed by atoms with Crippen molar-refractivity contribution >= 4 is 32.3 Å². The van der Waals surface area contributed by atoms with Crippen molar-refractivity contribution in [2.45, 2.75) is 61.3 Å². The highest BCUT2D eigenvalue weighted by molar-refractivity contribution is 6.16. The molecule has 1 aliphatic heterocycles. The smallest absolute Gasteiger partial charge is 0.228 e. The fourth-order valence-electron chi connectivity index (χ4n) is 6.33. The molecule has 0 bridgehead atoms. The summed E-state index contributed by atoms with van der Waals surface area (Å²) in [6, 6.07) is 18.4. The Morgan fingerprint density at radius 2 is 1.65 bits per heavy atom. The Balaban J connectivity index is 1.75. The number of aryl methyl sites for hydroxylation is 3. The molecule has 0 fully saturated rings. The summed E-state index contributed by atoms with van der Waals surface area (Å²) in [7, 11) is 2.18. The number of hydrogen-bond donors (Lipinski definition) is 0. The van der Waals surface area contributed by atoms with E-state index >= 15 is 0 Å². The average Bonchev–Trinajstić information content (AvgIpc) is 2.82. The number of pyridine rings is 1. The van der Waals surface area contributed by atoms with Crippen LogP contribution in [0.2, 0.25) is 0 Å². The van der Waals surface area contributed by atoms with Crippen LogP contribution in [0, 0.1) is 25.2 Å². The first kappa shape index (κ1) is 24.0. The van der Waals surface area contributed by atoms with E-state index in [1.165, 1.54) is 65.8 Å². The van der Waals surface area contributed by atoms with Crippen LogP contribution in [0.1, 0.15) is 56.9 Å². The van der Waals surface area contributed by atoms with Crippen molar-refractivity contribution in [1.29, 1.82) is 0 Å². The van der Waals surface area contributed by atoms with E-state index < -0.39 is 0 Å². The molecule has 0 spiro atoms. The van der Waals surface area contributed by atoms with E-state index in [4.69, 9.17) is 4.74 Å². The molecule has 2 heteroatoms. The largest absolute Gasteiger partial charge is 0.455 e. The van der Waals surface area contributed by atoms with Crippen molar-refractivity contribution in [1.82, 2.24) is 0 Å². The van der Waals surface area contributed by atoms with E-state index in [2.05, 4.69) is 115 Å². The van der Waals surface area contributed by atoms with Crippen LogP contribution in [0.4, 0.5) is 0 Å². The molecular formula is C35H38NO+. The van der Waals surface area contributed by atoms with Crippen LogP contribution in [0.25, 0.3) is 43.6 Å². The molecule has 0 radical (unpaired) electrons. The molecule has 0 aliphatic carbocycles. The van der Waals surface area contributed by atoms with Gasteiger partial charge in [0.2, 0.25) is 5.69 Å². The minimum Gasteiger partial charge on any atom is -0.455 e. The van der Waals surface area contributed by atoms with E-state index in [1.54, 1.807) is 0 Å². The number of hydrogen-bond acceptors (Lipinski definition) is 1. The van der Waals surface area contributed by atoms with Crippen molar-refractivity contribution in [3.05, 3.63) is 77.0 Å². The lowest BCUT2D eigenvalue weighted by molar-refractivity contribution is -0.659. The molecule has 0 saturated carbocycles. The van der Waals surface area contributed by atoms with E-state index in [0.29, 0.717) is 5.92 Å². The molecule has 0 saturated heterocycles. The van der Waals surface area contributed by atoms with Crippen molar-refractivity contribution in [3.63, 3.8) is 0 Å². The molecule has 0 amide bonds. The van der Waals surface area contributed by atoms with Crippen LogP contribution in [0.5, 0.6) is 11.5 Å². The van der Waals surface area contributed by atoms with Crippen LogP contribution in [-0.4, -0.2) is 0 Å². The topological polar surface area (TPSA) is 13.1 Å². The molecular weight excluding hydrogens is 450 g/mol. The number of ether oxygens (including phenoxy) is 1. The first-order valence-corrected chi connectivity index (χ1v) is 13.6. The molecule has 188 valence electrons. The van der Waals surface area contributed by atoms with Crippen LogP contribution < -0.4 is 9.30 Å². The van der Waals surface area contributed by atoms with Crippen molar-refractivity contribution in [2.24, 2.45) is 18.4 Å². The predicted octanol–water partition coefficient (Wildman–Crippen LogP) is 9.15. The first-order chi connectivity index (χ1) is 17.5. The number of benzene rings is 4. The van der Waals surface area contributed by atoms with Crippen LogP contribution in [-0.2, 0) is 19.9 Å². The van der Waals surface area contributed by atoms with Gasteiger partial charge in [0.25, 0.3) is 0 Å². The highest BCUT2D eigenvalue weighted by atomic mass is 16.5. The Kier molecular flexibility index (Phi) is 5.39. The summed E-state index contributed by atoms with van der Waals surface area (Å²) in [6.07, 6.45) is 4.27. The standard InChI is InChI=1S/C35H38NO/c1-20(2)15-29-25-12-10-23(19-35(5,6)7)17-27(25)22(4)31-33-32-26(13-14-36(33)8)28-16-21(3)9-11-24(28)18-30(32)37-34(29)31/h9-14,16-18,20H,15,19H2,1-8H3/q+1. The van der Waals surface area contributed by atoms with Gasteiger partial charge in [-0.1, -0.05) is 76.6 Å². The summed E-state index contributed by atoms with van der Waals surface area (Å²) >= 11 is 0. The number of nitrogens with zero attached hydrogens (tertiary/aromatic N) is 1. The lowest BCUT2D eigenvalue weighted by Gasteiger charge is -2.27. The Hall–Kier alpha value is -3.39. The quantitative estimate of drug-likeness (QED) is 0.179. The third kappa shape index (κ3) is 3.89. The van der Waals surface area contributed by atoms with E-state index in [0.717, 1.165) is 24.3 Å². The third-order valence-electron chi connectivity index (χ3n) is 7.84. The summed E-state index contributed by atoms with van der Waals surface area (Å²) in [4.78, 5) is 0. The lowest BCUT2D eigenvalue weighted by Crippen LogP contribution is -2.32. The van der Waals surface area contributed by atoms with Gasteiger partial charge in [-0.2, -0.15) is 0 Å². The van der Waals surface area contributed by atoms with Gasteiger partial charge in [-0.15, -0.1) is 0 Å². The van der Waals surface area contributed by atoms with Gasteiger partial charge in [0.05, 0.1) is 10.9 Å². The number of rotatable bonds is 3. The fraction of sp³-hybridized carbons (Fsp3) is 0.343.